The van der Waals surface area contributed by atoms with Crippen molar-refractivity contribution in [1.82, 2.24) is 9.38 Å². The lowest BCUT2D eigenvalue weighted by molar-refractivity contribution is -0.132. The number of aromatic nitrogens is 2. The Labute approximate surface area is 157 Å². The molecule has 1 aliphatic rings. The van der Waals surface area contributed by atoms with Crippen molar-refractivity contribution < 1.29 is 19.4 Å². The second kappa shape index (κ2) is 8.12. The Kier molecular flexibility index (Phi) is 5.65. The summed E-state index contributed by atoms with van der Waals surface area (Å²) in [6, 6.07) is 5.37. The van der Waals surface area contributed by atoms with Gasteiger partial charge in [0.05, 0.1) is 12.2 Å². The zero-order chi connectivity index (χ0) is 19.4. The van der Waals surface area contributed by atoms with Crippen LogP contribution in [0.2, 0.25) is 0 Å². The van der Waals surface area contributed by atoms with Gasteiger partial charge in [-0.25, -0.2) is 4.79 Å². The van der Waals surface area contributed by atoms with Gasteiger partial charge in [-0.1, -0.05) is 6.42 Å². The van der Waals surface area contributed by atoms with E-state index in [1.807, 2.05) is 26.0 Å². The predicted octanol–water partition coefficient (Wildman–Crippen LogP) is 3.82. The third kappa shape index (κ3) is 4.22. The molecule has 0 saturated heterocycles. The van der Waals surface area contributed by atoms with Gasteiger partial charge in [-0.15, -0.1) is 0 Å². The van der Waals surface area contributed by atoms with Crippen molar-refractivity contribution >= 4 is 17.7 Å². The number of carboxylic acids is 1. The van der Waals surface area contributed by atoms with Gasteiger partial charge in [0.1, 0.15) is 17.3 Å². The zero-order valence-corrected chi connectivity index (χ0v) is 15.5. The van der Waals surface area contributed by atoms with E-state index in [0.29, 0.717) is 17.1 Å². The molecule has 1 N–H and O–H groups in total. The molecule has 1 aliphatic carbocycles. The topological polar surface area (TPSA) is 96.9 Å². The number of hydrogen-bond donors (Lipinski definition) is 1. The molecule has 27 heavy (non-hydrogen) atoms. The molecule has 1 fully saturated rings. The third-order valence-corrected chi connectivity index (χ3v) is 4.44. The summed E-state index contributed by atoms with van der Waals surface area (Å²) in [5.41, 5.74) is 0.573. The fraction of sp³-hybridized carbons (Fsp3) is 0.450. The monoisotopic (exact) mass is 369 g/mol. The van der Waals surface area contributed by atoms with Crippen molar-refractivity contribution in [3.8, 4) is 17.7 Å². The Morgan fingerprint density at radius 1 is 1.41 bits per heavy atom. The number of carbonyl (C=O) groups is 1. The van der Waals surface area contributed by atoms with Gasteiger partial charge in [-0.3, -0.25) is 4.40 Å². The highest BCUT2D eigenvalue weighted by atomic mass is 16.5. The largest absolute Gasteiger partial charge is 0.487 e. The summed E-state index contributed by atoms with van der Waals surface area (Å²) in [7, 11) is 0. The summed E-state index contributed by atoms with van der Waals surface area (Å²) in [6.07, 6.45) is 8.62. The number of nitriles is 1. The quantitative estimate of drug-likeness (QED) is 0.614. The van der Waals surface area contributed by atoms with Crippen molar-refractivity contribution in [3.05, 3.63) is 29.6 Å². The fourth-order valence-electron chi connectivity index (χ4n) is 3.21. The maximum Gasteiger partial charge on any atom is 0.346 e. The van der Waals surface area contributed by atoms with Crippen LogP contribution in [0.1, 0.15) is 51.6 Å². The molecule has 0 aliphatic heterocycles. The van der Waals surface area contributed by atoms with Crippen LogP contribution in [-0.4, -0.2) is 32.7 Å². The van der Waals surface area contributed by atoms with Gasteiger partial charge < -0.3 is 14.6 Å². The van der Waals surface area contributed by atoms with Crippen LogP contribution in [0, 0.1) is 11.3 Å². The predicted molar refractivity (Wildman–Crippen MR) is 99.7 cm³/mol. The number of nitrogens with zero attached hydrogens (tertiary/aromatic N) is 3. The summed E-state index contributed by atoms with van der Waals surface area (Å²) < 4.78 is 13.7. The van der Waals surface area contributed by atoms with E-state index in [2.05, 4.69) is 4.98 Å². The van der Waals surface area contributed by atoms with Gasteiger partial charge in [-0.05, 0) is 57.7 Å². The minimum atomic E-state index is -1.29. The molecule has 3 rings (SSSR count). The lowest BCUT2D eigenvalue weighted by atomic mass is 9.98. The van der Waals surface area contributed by atoms with E-state index in [9.17, 15) is 9.90 Å². The minimum absolute atomic E-state index is 0.153. The van der Waals surface area contributed by atoms with Crippen LogP contribution in [0.4, 0.5) is 0 Å². The van der Waals surface area contributed by atoms with Crippen LogP contribution in [0.5, 0.6) is 11.6 Å². The van der Waals surface area contributed by atoms with Gasteiger partial charge in [0, 0.05) is 6.20 Å². The highest BCUT2D eigenvalue weighted by Gasteiger charge is 2.21. The Bertz CT molecular complexity index is 902. The molecule has 2 aromatic heterocycles. The highest BCUT2D eigenvalue weighted by Crippen LogP contribution is 2.31. The summed E-state index contributed by atoms with van der Waals surface area (Å²) in [5, 5.41) is 18.3. The van der Waals surface area contributed by atoms with E-state index < -0.39 is 5.97 Å². The van der Waals surface area contributed by atoms with Crippen LogP contribution in [0.3, 0.4) is 0 Å². The second-order valence-corrected chi connectivity index (χ2v) is 6.89. The number of fused-ring (bicyclic) bond motifs is 1. The van der Waals surface area contributed by atoms with Crippen LogP contribution < -0.4 is 9.47 Å². The number of imidazole rings is 1. The molecule has 142 valence electrons. The number of ether oxygens (including phenoxy) is 2. The molecule has 0 radical (unpaired) electrons. The van der Waals surface area contributed by atoms with E-state index in [-0.39, 0.29) is 23.7 Å². The lowest BCUT2D eigenvalue weighted by Crippen LogP contribution is -2.19. The van der Waals surface area contributed by atoms with Crippen LogP contribution in [0.25, 0.3) is 11.7 Å². The van der Waals surface area contributed by atoms with E-state index >= 15 is 0 Å². The van der Waals surface area contributed by atoms with Gasteiger partial charge in [0.2, 0.25) is 5.88 Å². The summed E-state index contributed by atoms with van der Waals surface area (Å²) in [4.78, 5) is 15.8. The average Bonchev–Trinajstić information content (AvgIpc) is 2.97. The van der Waals surface area contributed by atoms with Crippen LogP contribution in [-0.2, 0) is 4.79 Å². The Morgan fingerprint density at radius 3 is 2.78 bits per heavy atom. The van der Waals surface area contributed by atoms with Crippen molar-refractivity contribution in [2.24, 2.45) is 0 Å². The first kappa shape index (κ1) is 18.8. The third-order valence-electron chi connectivity index (χ3n) is 4.44. The molecular weight excluding hydrogens is 346 g/mol. The van der Waals surface area contributed by atoms with Crippen molar-refractivity contribution in [2.75, 3.05) is 0 Å². The molecule has 0 bridgehead atoms. The van der Waals surface area contributed by atoms with Crippen molar-refractivity contribution in [3.63, 3.8) is 0 Å². The number of hydrogen-bond acceptors (Lipinski definition) is 5. The Morgan fingerprint density at radius 2 is 2.15 bits per heavy atom. The molecule has 7 nitrogen and oxygen atoms in total. The normalized spacial score (nSPS) is 15.7. The highest BCUT2D eigenvalue weighted by molar-refractivity contribution is 5.96. The number of aliphatic carboxylic acids is 1. The van der Waals surface area contributed by atoms with Gasteiger partial charge in [-0.2, -0.15) is 10.2 Å². The van der Waals surface area contributed by atoms with Gasteiger partial charge >= 0.3 is 5.97 Å². The molecule has 0 amide bonds. The molecule has 2 heterocycles. The molecular formula is C20H23N3O4. The number of rotatable bonds is 6. The Balaban J connectivity index is 2.08. The first-order chi connectivity index (χ1) is 13.0. The summed E-state index contributed by atoms with van der Waals surface area (Å²) in [5.74, 6) is -0.386. The SMILES string of the molecule is CC(C)Oc1nc2c(OC3CCCCC3)cccn2c1C=C(C#N)C(=O)O. The van der Waals surface area contributed by atoms with E-state index in [4.69, 9.17) is 14.7 Å². The molecule has 0 spiro atoms. The molecule has 2 aromatic rings. The van der Waals surface area contributed by atoms with Gasteiger partial charge in [0.25, 0.3) is 0 Å². The summed E-state index contributed by atoms with van der Waals surface area (Å²) >= 11 is 0. The molecule has 0 unspecified atom stereocenters. The average molecular weight is 369 g/mol. The Hall–Kier alpha value is -3.01. The van der Waals surface area contributed by atoms with E-state index in [1.165, 1.54) is 12.5 Å². The van der Waals surface area contributed by atoms with Crippen LogP contribution >= 0.6 is 0 Å². The van der Waals surface area contributed by atoms with Crippen molar-refractivity contribution in [2.45, 2.75) is 58.2 Å². The molecule has 0 atom stereocenters. The molecule has 7 heteroatoms. The first-order valence-corrected chi connectivity index (χ1v) is 9.19. The standard InChI is InChI=1S/C20H23N3O4/c1-13(2)26-19-16(11-14(12-21)20(24)25)23-10-6-9-17(18(23)22-19)27-15-7-4-3-5-8-15/h6,9-11,13,15H,3-5,7-8H2,1-2H3,(H,24,25). The fourth-order valence-corrected chi connectivity index (χ4v) is 3.21. The van der Waals surface area contributed by atoms with Gasteiger partial charge in [0.15, 0.2) is 11.4 Å². The van der Waals surface area contributed by atoms with E-state index in [1.54, 1.807) is 16.7 Å². The van der Waals surface area contributed by atoms with Crippen molar-refractivity contribution in [1.29, 1.82) is 5.26 Å². The number of pyridine rings is 1. The minimum Gasteiger partial charge on any atom is -0.487 e. The molecule has 0 aromatic carbocycles. The maximum atomic E-state index is 11.3. The first-order valence-electron chi connectivity index (χ1n) is 9.19. The van der Waals surface area contributed by atoms with Crippen LogP contribution in [0.15, 0.2) is 23.9 Å². The zero-order valence-electron chi connectivity index (χ0n) is 15.5. The molecule has 1 saturated carbocycles. The lowest BCUT2D eigenvalue weighted by Gasteiger charge is -2.23. The smallest absolute Gasteiger partial charge is 0.346 e. The second-order valence-electron chi connectivity index (χ2n) is 6.89. The summed E-state index contributed by atoms with van der Waals surface area (Å²) in [6.45, 7) is 3.72. The number of carboxylic acid groups (broad SMARTS) is 1. The maximum absolute atomic E-state index is 11.3. The van der Waals surface area contributed by atoms with E-state index in [0.717, 1.165) is 25.7 Å².